The van der Waals surface area contributed by atoms with Gasteiger partial charge >= 0.3 is 17.9 Å². The van der Waals surface area contributed by atoms with E-state index in [0.717, 1.165) is 69.6 Å². The minimum atomic E-state index is -0.762. The highest BCUT2D eigenvalue weighted by atomic mass is 16.6. The molecule has 6 nitrogen and oxygen atoms in total. The van der Waals surface area contributed by atoms with Gasteiger partial charge < -0.3 is 14.2 Å². The molecule has 0 aromatic carbocycles. The highest BCUT2D eigenvalue weighted by Crippen LogP contribution is 2.18. The summed E-state index contributed by atoms with van der Waals surface area (Å²) in [6.45, 7) is 11.4. The lowest BCUT2D eigenvalue weighted by atomic mass is 10.0. The first-order valence-electron chi connectivity index (χ1n) is 29.2. The maximum atomic E-state index is 12.8. The van der Waals surface area contributed by atoms with E-state index in [4.69, 9.17) is 14.2 Å². The zero-order valence-electron chi connectivity index (χ0n) is 44.6. The molecular weight excluding hydrogens is 805 g/mol. The van der Waals surface area contributed by atoms with Crippen molar-refractivity contribution >= 4 is 17.9 Å². The molecule has 65 heavy (non-hydrogen) atoms. The molecule has 0 saturated heterocycles. The molecule has 0 radical (unpaired) electrons. The van der Waals surface area contributed by atoms with Crippen molar-refractivity contribution in [3.8, 4) is 0 Å². The van der Waals surface area contributed by atoms with E-state index in [1.54, 1.807) is 0 Å². The van der Waals surface area contributed by atoms with Crippen molar-refractivity contribution in [3.63, 3.8) is 0 Å². The predicted molar refractivity (Wildman–Crippen MR) is 280 cm³/mol. The molecule has 0 aliphatic heterocycles. The summed E-state index contributed by atoms with van der Waals surface area (Å²) in [6, 6.07) is 0. The van der Waals surface area contributed by atoms with Gasteiger partial charge in [-0.05, 0) is 31.1 Å². The minimum absolute atomic E-state index is 0.0625. The van der Waals surface area contributed by atoms with Crippen LogP contribution in [0.5, 0.6) is 0 Å². The topological polar surface area (TPSA) is 78.9 Å². The van der Waals surface area contributed by atoms with Gasteiger partial charge in [0, 0.05) is 19.3 Å². The lowest BCUT2D eigenvalue weighted by Gasteiger charge is -2.18. The molecule has 0 spiro atoms. The molecule has 0 fully saturated rings. The summed E-state index contributed by atoms with van der Waals surface area (Å²) >= 11 is 0. The van der Waals surface area contributed by atoms with Crippen LogP contribution in [-0.4, -0.2) is 37.2 Å². The van der Waals surface area contributed by atoms with Gasteiger partial charge in [-0.1, -0.05) is 291 Å². The molecule has 0 aromatic rings. The average molecular weight is 920 g/mol. The van der Waals surface area contributed by atoms with E-state index in [1.807, 2.05) is 0 Å². The third-order valence-corrected chi connectivity index (χ3v) is 13.5. The van der Waals surface area contributed by atoms with Crippen LogP contribution >= 0.6 is 0 Å². The summed E-state index contributed by atoms with van der Waals surface area (Å²) in [5, 5.41) is 0. The maximum absolute atomic E-state index is 12.8. The summed E-state index contributed by atoms with van der Waals surface area (Å²) < 4.78 is 16.9. The van der Waals surface area contributed by atoms with Crippen molar-refractivity contribution in [2.45, 2.75) is 336 Å². The van der Waals surface area contributed by atoms with Crippen molar-refractivity contribution < 1.29 is 28.6 Å². The number of carbonyl (C=O) groups excluding carboxylic acids is 3. The third kappa shape index (κ3) is 53.2. The molecule has 386 valence electrons. The molecule has 6 heteroatoms. The summed E-state index contributed by atoms with van der Waals surface area (Å²) in [5.41, 5.74) is 0. The zero-order chi connectivity index (χ0) is 47.5. The van der Waals surface area contributed by atoms with Crippen LogP contribution in [0.3, 0.4) is 0 Å². The van der Waals surface area contributed by atoms with Gasteiger partial charge in [0.1, 0.15) is 13.2 Å². The van der Waals surface area contributed by atoms with Crippen molar-refractivity contribution in [1.29, 1.82) is 0 Å². The first-order valence-corrected chi connectivity index (χ1v) is 29.2. The Labute approximate surface area is 406 Å². The van der Waals surface area contributed by atoms with E-state index in [-0.39, 0.29) is 31.1 Å². The van der Waals surface area contributed by atoms with E-state index < -0.39 is 6.10 Å². The molecule has 0 N–H and O–H groups in total. The number of hydrogen-bond acceptors (Lipinski definition) is 6. The monoisotopic (exact) mass is 919 g/mol. The largest absolute Gasteiger partial charge is 0.462 e. The maximum Gasteiger partial charge on any atom is 0.306 e. The molecule has 0 aliphatic rings. The number of ether oxygens (including phenoxy) is 3. The van der Waals surface area contributed by atoms with Gasteiger partial charge in [-0.15, -0.1) is 0 Å². The number of rotatable bonds is 53. The van der Waals surface area contributed by atoms with Crippen LogP contribution in [0.2, 0.25) is 0 Å². The van der Waals surface area contributed by atoms with Crippen LogP contribution in [0.1, 0.15) is 330 Å². The molecule has 1 atom stereocenters. The van der Waals surface area contributed by atoms with Gasteiger partial charge in [-0.25, -0.2) is 0 Å². The summed E-state index contributed by atoms with van der Waals surface area (Å²) in [7, 11) is 0. The highest BCUT2D eigenvalue weighted by molar-refractivity contribution is 5.71. The molecule has 0 unspecified atom stereocenters. The quantitative estimate of drug-likeness (QED) is 0.0344. The second-order valence-electron chi connectivity index (χ2n) is 21.2. The van der Waals surface area contributed by atoms with Gasteiger partial charge in [0.15, 0.2) is 6.10 Å². The first-order chi connectivity index (χ1) is 31.7. The summed E-state index contributed by atoms with van der Waals surface area (Å²) in [4.78, 5) is 38.1. The zero-order valence-corrected chi connectivity index (χ0v) is 44.6. The van der Waals surface area contributed by atoms with Crippen LogP contribution in [0.25, 0.3) is 0 Å². The third-order valence-electron chi connectivity index (χ3n) is 13.5. The van der Waals surface area contributed by atoms with E-state index in [2.05, 4.69) is 34.6 Å². The van der Waals surface area contributed by atoms with Crippen LogP contribution in [-0.2, 0) is 28.6 Å². The van der Waals surface area contributed by atoms with Gasteiger partial charge in [0.2, 0.25) is 0 Å². The van der Waals surface area contributed by atoms with Gasteiger partial charge in [-0.3, -0.25) is 14.4 Å². The van der Waals surface area contributed by atoms with Crippen molar-refractivity contribution in [1.82, 2.24) is 0 Å². The second kappa shape index (κ2) is 51.8. The van der Waals surface area contributed by atoms with E-state index in [0.29, 0.717) is 19.3 Å². The Bertz CT molecular complexity index is 993. The van der Waals surface area contributed by atoms with Crippen molar-refractivity contribution in [2.24, 2.45) is 11.8 Å². The Morgan fingerprint density at radius 3 is 0.754 bits per heavy atom. The summed E-state index contributed by atoms with van der Waals surface area (Å²) in [5.74, 6) is 0.843. The lowest BCUT2D eigenvalue weighted by Crippen LogP contribution is -2.30. The molecule has 0 aliphatic carbocycles. The van der Waals surface area contributed by atoms with Crippen molar-refractivity contribution in [3.05, 3.63) is 0 Å². The van der Waals surface area contributed by atoms with Gasteiger partial charge in [0.05, 0.1) is 0 Å². The van der Waals surface area contributed by atoms with Crippen LogP contribution in [0.15, 0.2) is 0 Å². The number of esters is 3. The SMILES string of the molecule is CCCCCCCCCCCCCCCCC(=O)OC[C@H](COC(=O)CCCCCCCCCCCCCCCCCC(C)C)OC(=O)CCCCCCCCCCCCCCC(C)C. The Morgan fingerprint density at radius 1 is 0.292 bits per heavy atom. The Morgan fingerprint density at radius 2 is 0.508 bits per heavy atom. The fourth-order valence-electron chi connectivity index (χ4n) is 9.05. The van der Waals surface area contributed by atoms with E-state index >= 15 is 0 Å². The summed E-state index contributed by atoms with van der Waals surface area (Å²) in [6.07, 6.45) is 55.2. The Kier molecular flexibility index (Phi) is 50.5. The first kappa shape index (κ1) is 63.4. The smallest absolute Gasteiger partial charge is 0.306 e. The molecular formula is C59H114O6. The number of carbonyl (C=O) groups is 3. The molecule has 0 amide bonds. The second-order valence-corrected chi connectivity index (χ2v) is 21.2. The van der Waals surface area contributed by atoms with E-state index in [9.17, 15) is 14.4 Å². The van der Waals surface area contributed by atoms with Crippen LogP contribution in [0.4, 0.5) is 0 Å². The van der Waals surface area contributed by atoms with E-state index in [1.165, 1.54) is 218 Å². The molecule has 0 heterocycles. The lowest BCUT2D eigenvalue weighted by molar-refractivity contribution is -0.167. The van der Waals surface area contributed by atoms with Crippen molar-refractivity contribution in [2.75, 3.05) is 13.2 Å². The fourth-order valence-corrected chi connectivity index (χ4v) is 9.05. The number of unbranched alkanes of at least 4 members (excludes halogenated alkanes) is 38. The Hall–Kier alpha value is -1.59. The molecule has 0 rings (SSSR count). The van der Waals surface area contributed by atoms with Gasteiger partial charge in [0.25, 0.3) is 0 Å². The van der Waals surface area contributed by atoms with Crippen LogP contribution in [0, 0.1) is 11.8 Å². The molecule has 0 aromatic heterocycles. The normalized spacial score (nSPS) is 12.0. The molecule has 0 saturated carbocycles. The van der Waals surface area contributed by atoms with Crippen LogP contribution < -0.4 is 0 Å². The minimum Gasteiger partial charge on any atom is -0.462 e. The standard InChI is InChI=1S/C59H114O6/c1-6-7-8-9-10-11-12-13-18-24-29-34-39-44-49-57(60)63-52-56(65-59(62)51-46-41-36-31-26-21-20-23-28-33-38-43-48-55(4)5)53-64-58(61)50-45-40-35-30-25-19-16-14-15-17-22-27-32-37-42-47-54(2)3/h54-56H,6-53H2,1-5H3/t56-/m1/s1. The fraction of sp³-hybridized carbons (Fsp3) is 0.949. The average Bonchev–Trinajstić information content (AvgIpc) is 3.28. The van der Waals surface area contributed by atoms with Gasteiger partial charge in [-0.2, -0.15) is 0 Å². The predicted octanol–water partition coefficient (Wildman–Crippen LogP) is 19.3. The number of hydrogen-bond donors (Lipinski definition) is 0. The molecule has 0 bridgehead atoms. The highest BCUT2D eigenvalue weighted by Gasteiger charge is 2.19. The Balaban J connectivity index is 4.29.